The summed E-state index contributed by atoms with van der Waals surface area (Å²) in [6, 6.07) is 54.5. The van der Waals surface area contributed by atoms with Crippen molar-refractivity contribution in [3.05, 3.63) is 181 Å². The summed E-state index contributed by atoms with van der Waals surface area (Å²) in [5.74, 6) is 1.34. The molecule has 0 spiro atoms. The lowest BCUT2D eigenvalue weighted by atomic mass is 9.97. The summed E-state index contributed by atoms with van der Waals surface area (Å²) in [6.07, 6.45) is -4.48. The Morgan fingerprint density at radius 1 is 0.455 bits per heavy atom. The predicted octanol–water partition coefficient (Wildman–Crippen LogP) is 12.2. The van der Waals surface area contributed by atoms with Crippen molar-refractivity contribution < 1.29 is 13.2 Å². The number of hydrogen-bond donors (Lipinski definition) is 0. The summed E-state index contributed by atoms with van der Waals surface area (Å²) in [7, 11) is 0. The van der Waals surface area contributed by atoms with E-state index in [0.29, 0.717) is 39.7 Å². The van der Waals surface area contributed by atoms with Crippen molar-refractivity contribution in [2.45, 2.75) is 6.18 Å². The van der Waals surface area contributed by atoms with Crippen LogP contribution in [0.15, 0.2) is 170 Å². The van der Waals surface area contributed by atoms with Crippen molar-refractivity contribution in [2.24, 2.45) is 0 Å². The van der Waals surface area contributed by atoms with E-state index in [0.717, 1.165) is 61.9 Å². The first-order chi connectivity index (χ1) is 26.8. The van der Waals surface area contributed by atoms with E-state index in [1.807, 2.05) is 103 Å². The van der Waals surface area contributed by atoms with Gasteiger partial charge in [-0.25, -0.2) is 15.0 Å². The highest BCUT2D eigenvalue weighted by atomic mass is 19.4. The van der Waals surface area contributed by atoms with Crippen LogP contribution in [0.3, 0.4) is 0 Å². The number of rotatable bonds is 6. The van der Waals surface area contributed by atoms with Crippen LogP contribution in [-0.4, -0.2) is 19.5 Å². The fourth-order valence-electron chi connectivity index (χ4n) is 7.04. The molecule has 0 N–H and O–H groups in total. The Bertz CT molecular complexity index is 2840. The lowest BCUT2D eigenvalue weighted by Crippen LogP contribution is -2.04. The number of benzene rings is 7. The highest BCUT2D eigenvalue weighted by Gasteiger charge is 2.30. The summed E-state index contributed by atoms with van der Waals surface area (Å²) >= 11 is 0. The minimum Gasteiger partial charge on any atom is -0.309 e. The lowest BCUT2D eigenvalue weighted by molar-refractivity contribution is -0.137. The molecule has 0 amide bonds. The molecular weight excluding hydrogens is 692 g/mol. The number of halogens is 3. The Morgan fingerprint density at radius 2 is 1.02 bits per heavy atom. The molecule has 0 atom stereocenters. The fourth-order valence-corrected chi connectivity index (χ4v) is 7.04. The molecule has 0 aliphatic carbocycles. The third kappa shape index (κ3) is 6.28. The van der Waals surface area contributed by atoms with E-state index >= 15 is 0 Å². The molecule has 262 valence electrons. The van der Waals surface area contributed by atoms with Crippen molar-refractivity contribution in [3.63, 3.8) is 0 Å². The minimum absolute atomic E-state index is 0.388. The monoisotopic (exact) mass is 719 g/mol. The molecule has 0 bridgehead atoms. The molecule has 9 aromatic rings. The normalized spacial score (nSPS) is 11.5. The van der Waals surface area contributed by atoms with Gasteiger partial charge >= 0.3 is 6.18 Å². The van der Waals surface area contributed by atoms with Crippen molar-refractivity contribution >= 4 is 21.8 Å². The maximum atomic E-state index is 13.8. The van der Waals surface area contributed by atoms with Crippen LogP contribution in [0.4, 0.5) is 13.2 Å². The Labute approximate surface area is 314 Å². The topological polar surface area (TPSA) is 67.4 Å². The predicted molar refractivity (Wildman–Crippen MR) is 211 cm³/mol. The van der Waals surface area contributed by atoms with E-state index in [1.54, 1.807) is 12.1 Å². The molecule has 0 saturated heterocycles. The minimum atomic E-state index is -4.48. The first-order valence-corrected chi connectivity index (χ1v) is 17.6. The van der Waals surface area contributed by atoms with Crippen LogP contribution >= 0.6 is 0 Å². The lowest BCUT2D eigenvalue weighted by Gasteiger charge is -2.16. The van der Waals surface area contributed by atoms with E-state index in [4.69, 9.17) is 15.0 Å². The molecule has 0 aliphatic heterocycles. The molecule has 0 unspecified atom stereocenters. The van der Waals surface area contributed by atoms with E-state index in [9.17, 15) is 18.4 Å². The second kappa shape index (κ2) is 13.6. The van der Waals surface area contributed by atoms with Gasteiger partial charge in [0.15, 0.2) is 17.5 Å². The van der Waals surface area contributed by atoms with Gasteiger partial charge in [-0.2, -0.15) is 18.4 Å². The van der Waals surface area contributed by atoms with Crippen molar-refractivity contribution in [1.82, 2.24) is 19.5 Å². The van der Waals surface area contributed by atoms with Gasteiger partial charge in [0.25, 0.3) is 0 Å². The Hall–Kier alpha value is -7.37. The summed E-state index contributed by atoms with van der Waals surface area (Å²) in [5.41, 5.74) is 8.01. The summed E-state index contributed by atoms with van der Waals surface area (Å²) < 4.78 is 43.5. The number of aromatic nitrogens is 4. The molecule has 0 saturated carbocycles. The van der Waals surface area contributed by atoms with E-state index in [2.05, 4.69) is 41.0 Å². The third-order valence-electron chi connectivity index (χ3n) is 9.75. The number of fused-ring (bicyclic) bond motifs is 3. The van der Waals surface area contributed by atoms with Gasteiger partial charge in [-0.3, -0.25) is 0 Å². The smallest absolute Gasteiger partial charge is 0.309 e. The Balaban J connectivity index is 1.29. The zero-order valence-corrected chi connectivity index (χ0v) is 29.0. The molecule has 0 radical (unpaired) electrons. The van der Waals surface area contributed by atoms with Crippen molar-refractivity contribution in [3.8, 4) is 68.2 Å². The van der Waals surface area contributed by atoms with Crippen molar-refractivity contribution in [2.75, 3.05) is 0 Å². The molecule has 7 aromatic carbocycles. The average molecular weight is 720 g/mol. The molecule has 5 nitrogen and oxygen atoms in total. The first kappa shape index (κ1) is 33.5. The quantitative estimate of drug-likeness (QED) is 0.172. The fraction of sp³-hybridized carbons (Fsp3) is 0.0213. The average Bonchev–Trinajstić information content (AvgIpc) is 3.57. The molecule has 0 fully saturated rings. The number of nitrogens with zero attached hydrogens (tertiary/aromatic N) is 5. The SMILES string of the molecule is N#Cc1ccc(-c2ccc3c4ccccc4n(-c4ccc(-c5nc(-c6ccccc6)nc(-c6ccccc6)n5)c(-c5ccc(C(F)(F)F)cc5)c4)c3c2)cc1. The number of nitriles is 1. The zero-order valence-electron chi connectivity index (χ0n) is 29.0. The molecule has 55 heavy (non-hydrogen) atoms. The molecule has 2 heterocycles. The first-order valence-electron chi connectivity index (χ1n) is 17.6. The van der Waals surface area contributed by atoms with E-state index < -0.39 is 11.7 Å². The van der Waals surface area contributed by atoms with E-state index in [-0.39, 0.29) is 0 Å². The van der Waals surface area contributed by atoms with Crippen LogP contribution in [-0.2, 0) is 6.18 Å². The largest absolute Gasteiger partial charge is 0.416 e. The van der Waals surface area contributed by atoms with Gasteiger partial charge in [0.2, 0.25) is 0 Å². The summed E-state index contributed by atoms with van der Waals surface area (Å²) in [5, 5.41) is 11.5. The van der Waals surface area contributed by atoms with Crippen LogP contribution in [0.25, 0.3) is 83.9 Å². The molecule has 2 aromatic heterocycles. The van der Waals surface area contributed by atoms with Crippen LogP contribution in [0, 0.1) is 11.3 Å². The number of para-hydroxylation sites is 1. The molecular formula is C47H28F3N5. The number of hydrogen-bond acceptors (Lipinski definition) is 4. The maximum Gasteiger partial charge on any atom is 0.416 e. The van der Waals surface area contributed by atoms with Gasteiger partial charge < -0.3 is 4.57 Å². The van der Waals surface area contributed by atoms with Crippen molar-refractivity contribution in [1.29, 1.82) is 5.26 Å². The maximum absolute atomic E-state index is 13.8. The van der Waals surface area contributed by atoms with Gasteiger partial charge in [0.1, 0.15) is 0 Å². The Kier molecular flexibility index (Phi) is 8.25. The molecule has 8 heteroatoms. The zero-order chi connectivity index (χ0) is 37.5. The molecule has 9 rings (SSSR count). The van der Waals surface area contributed by atoms with Gasteiger partial charge in [-0.15, -0.1) is 0 Å². The standard InChI is InChI=1S/C47H28F3N5/c48-47(49,50)36-22-19-32(20-23-36)41-28-37(24-26-40(41)46-53-44(33-9-3-1-4-10-33)52-45(54-46)34-11-5-2-6-12-34)55-42-14-8-7-13-38(42)39-25-21-35(27-43(39)55)31-17-15-30(29-51)16-18-31/h1-28H. The van der Waals surface area contributed by atoms with Crippen LogP contribution in [0.5, 0.6) is 0 Å². The van der Waals surface area contributed by atoms with Crippen LogP contribution in [0.1, 0.15) is 11.1 Å². The third-order valence-corrected chi connectivity index (χ3v) is 9.75. The summed E-state index contributed by atoms with van der Waals surface area (Å²) in [6.45, 7) is 0. The Morgan fingerprint density at radius 3 is 1.65 bits per heavy atom. The highest BCUT2D eigenvalue weighted by molar-refractivity contribution is 6.10. The second-order valence-electron chi connectivity index (χ2n) is 13.1. The van der Waals surface area contributed by atoms with E-state index in [1.165, 1.54) is 12.1 Å². The second-order valence-corrected chi connectivity index (χ2v) is 13.1. The van der Waals surface area contributed by atoms with Gasteiger partial charge in [0.05, 0.1) is 28.2 Å². The van der Waals surface area contributed by atoms with Gasteiger partial charge in [-0.1, -0.05) is 115 Å². The highest BCUT2D eigenvalue weighted by Crippen LogP contribution is 2.40. The summed E-state index contributed by atoms with van der Waals surface area (Å²) in [4.78, 5) is 14.8. The van der Waals surface area contributed by atoms with Crippen LogP contribution < -0.4 is 0 Å². The number of alkyl halides is 3. The molecule has 0 aliphatic rings. The van der Waals surface area contributed by atoms with Crippen LogP contribution in [0.2, 0.25) is 0 Å². The van der Waals surface area contributed by atoms with Gasteiger partial charge in [-0.05, 0) is 76.9 Å². The van der Waals surface area contributed by atoms with Gasteiger partial charge in [0, 0.05) is 33.2 Å².